The van der Waals surface area contributed by atoms with E-state index in [4.69, 9.17) is 4.74 Å². The molecule has 2 amide bonds. The van der Waals surface area contributed by atoms with Gasteiger partial charge in [0.1, 0.15) is 6.54 Å². The fraction of sp³-hybridized carbons (Fsp3) is 0.286. The fourth-order valence-electron chi connectivity index (χ4n) is 3.32. The first-order valence-electron chi connectivity index (χ1n) is 8.86. The summed E-state index contributed by atoms with van der Waals surface area (Å²) < 4.78 is 4.73. The molecule has 1 aliphatic heterocycles. The highest BCUT2D eigenvalue weighted by molar-refractivity contribution is 6.04. The lowest BCUT2D eigenvalue weighted by Gasteiger charge is -2.31. The highest BCUT2D eigenvalue weighted by Crippen LogP contribution is 2.27. The van der Waals surface area contributed by atoms with Gasteiger partial charge in [-0.15, -0.1) is 0 Å². The van der Waals surface area contributed by atoms with Gasteiger partial charge in [-0.3, -0.25) is 9.59 Å². The zero-order valence-electron chi connectivity index (χ0n) is 15.5. The monoisotopic (exact) mass is 366 g/mol. The summed E-state index contributed by atoms with van der Waals surface area (Å²) in [4.78, 5) is 40.0. The summed E-state index contributed by atoms with van der Waals surface area (Å²) in [7, 11) is 1.30. The van der Waals surface area contributed by atoms with Gasteiger partial charge in [-0.2, -0.15) is 0 Å². The number of aryl methyl sites for hydroxylation is 1. The normalized spacial score (nSPS) is 12.9. The van der Waals surface area contributed by atoms with Crippen molar-refractivity contribution in [3.05, 3.63) is 59.7 Å². The van der Waals surface area contributed by atoms with Crippen LogP contribution in [0.25, 0.3) is 0 Å². The Balaban J connectivity index is 1.85. The van der Waals surface area contributed by atoms with Crippen molar-refractivity contribution in [3.63, 3.8) is 0 Å². The lowest BCUT2D eigenvalue weighted by Crippen LogP contribution is -2.44. The first kappa shape index (κ1) is 18.6. The van der Waals surface area contributed by atoms with Crippen LogP contribution in [0.4, 0.5) is 11.4 Å². The van der Waals surface area contributed by atoms with Gasteiger partial charge in [0, 0.05) is 24.8 Å². The molecule has 0 radical (unpaired) electrons. The molecular formula is C21H22N2O4. The maximum Gasteiger partial charge on any atom is 0.337 e. The molecule has 27 heavy (non-hydrogen) atoms. The predicted octanol–water partition coefficient (Wildman–Crippen LogP) is 2.81. The molecule has 2 aromatic rings. The van der Waals surface area contributed by atoms with Crippen molar-refractivity contribution in [3.8, 4) is 0 Å². The summed E-state index contributed by atoms with van der Waals surface area (Å²) >= 11 is 0. The van der Waals surface area contributed by atoms with E-state index in [0.29, 0.717) is 17.8 Å². The highest BCUT2D eigenvalue weighted by atomic mass is 16.5. The van der Waals surface area contributed by atoms with E-state index in [1.54, 1.807) is 29.2 Å². The number of carbonyl (C=O) groups excluding carboxylic acids is 3. The van der Waals surface area contributed by atoms with Crippen molar-refractivity contribution in [1.29, 1.82) is 0 Å². The van der Waals surface area contributed by atoms with Gasteiger partial charge in [0.25, 0.3) is 0 Å². The minimum Gasteiger partial charge on any atom is -0.465 e. The van der Waals surface area contributed by atoms with Crippen LogP contribution in [0, 0.1) is 0 Å². The van der Waals surface area contributed by atoms with Crippen LogP contribution in [0.2, 0.25) is 0 Å². The Morgan fingerprint density at radius 1 is 1.11 bits per heavy atom. The second kappa shape index (κ2) is 8.03. The summed E-state index contributed by atoms with van der Waals surface area (Å²) in [5.41, 5.74) is 2.86. The minimum absolute atomic E-state index is 0.0890. The number of hydrogen-bond donors (Lipinski definition) is 0. The fourth-order valence-corrected chi connectivity index (χ4v) is 3.32. The molecule has 0 atom stereocenters. The number of para-hydroxylation sites is 1. The number of benzene rings is 2. The third-order valence-corrected chi connectivity index (χ3v) is 4.66. The number of hydrogen-bond acceptors (Lipinski definition) is 4. The van der Waals surface area contributed by atoms with E-state index in [0.717, 1.165) is 24.1 Å². The molecule has 2 aromatic carbocycles. The summed E-state index contributed by atoms with van der Waals surface area (Å²) in [5.74, 6) is -0.909. The highest BCUT2D eigenvalue weighted by Gasteiger charge is 2.25. The Morgan fingerprint density at radius 2 is 1.89 bits per heavy atom. The second-order valence-electron chi connectivity index (χ2n) is 6.42. The summed E-state index contributed by atoms with van der Waals surface area (Å²) in [6, 6.07) is 14.4. The smallest absolute Gasteiger partial charge is 0.337 e. The average Bonchev–Trinajstić information content (AvgIpc) is 2.70. The molecule has 140 valence electrons. The van der Waals surface area contributed by atoms with Crippen LogP contribution in [-0.2, 0) is 20.7 Å². The average molecular weight is 366 g/mol. The zero-order valence-corrected chi connectivity index (χ0v) is 15.5. The van der Waals surface area contributed by atoms with Gasteiger partial charge in [-0.05, 0) is 42.7 Å². The Bertz CT molecular complexity index is 878. The molecule has 6 heteroatoms. The Labute approximate surface area is 158 Å². The number of nitrogens with zero attached hydrogens (tertiary/aromatic N) is 2. The van der Waals surface area contributed by atoms with E-state index < -0.39 is 5.97 Å². The Kier molecular flexibility index (Phi) is 5.54. The van der Waals surface area contributed by atoms with E-state index in [9.17, 15) is 14.4 Å². The third-order valence-electron chi connectivity index (χ3n) is 4.66. The van der Waals surface area contributed by atoms with Crippen LogP contribution in [-0.4, -0.2) is 38.0 Å². The molecule has 3 rings (SSSR count). The summed E-state index contributed by atoms with van der Waals surface area (Å²) in [6.07, 6.45) is 1.83. The molecular weight excluding hydrogens is 344 g/mol. The summed E-state index contributed by atoms with van der Waals surface area (Å²) in [6.45, 7) is 1.94. The van der Waals surface area contributed by atoms with E-state index in [1.807, 2.05) is 24.3 Å². The zero-order chi connectivity index (χ0) is 19.4. The number of carbonyl (C=O) groups is 3. The predicted molar refractivity (Wildman–Crippen MR) is 103 cm³/mol. The number of amides is 2. The lowest BCUT2D eigenvalue weighted by molar-refractivity contribution is -0.121. The van der Waals surface area contributed by atoms with Gasteiger partial charge in [-0.25, -0.2) is 4.79 Å². The number of anilines is 2. The number of methoxy groups -OCH3 is 1. The van der Waals surface area contributed by atoms with Gasteiger partial charge in [0.15, 0.2) is 0 Å². The van der Waals surface area contributed by atoms with E-state index >= 15 is 0 Å². The van der Waals surface area contributed by atoms with E-state index in [-0.39, 0.29) is 18.4 Å². The van der Waals surface area contributed by atoms with Crippen molar-refractivity contribution >= 4 is 29.2 Å². The molecule has 6 nitrogen and oxygen atoms in total. The minimum atomic E-state index is -0.489. The van der Waals surface area contributed by atoms with Crippen LogP contribution in [0.15, 0.2) is 48.5 Å². The van der Waals surface area contributed by atoms with Gasteiger partial charge >= 0.3 is 5.97 Å². The van der Waals surface area contributed by atoms with E-state index in [1.165, 1.54) is 18.9 Å². The standard InChI is InChI=1S/C21H22N2O4/c1-15(24)23(18-10-5-8-17(13-18)21(26)27-2)14-20(25)22-12-6-9-16-7-3-4-11-19(16)22/h3-5,7-8,10-11,13H,6,9,12,14H2,1-2H3. The van der Waals surface area contributed by atoms with Gasteiger partial charge in [-0.1, -0.05) is 24.3 Å². The van der Waals surface area contributed by atoms with Crippen molar-refractivity contribution < 1.29 is 19.1 Å². The van der Waals surface area contributed by atoms with Crippen molar-refractivity contribution in [2.75, 3.05) is 30.0 Å². The molecule has 0 fully saturated rings. The van der Waals surface area contributed by atoms with Crippen LogP contribution in [0.5, 0.6) is 0 Å². The van der Waals surface area contributed by atoms with Crippen LogP contribution >= 0.6 is 0 Å². The maximum absolute atomic E-state index is 13.0. The van der Waals surface area contributed by atoms with Crippen molar-refractivity contribution in [2.24, 2.45) is 0 Å². The van der Waals surface area contributed by atoms with Gasteiger partial charge in [0.05, 0.1) is 12.7 Å². The number of ether oxygens (including phenoxy) is 1. The molecule has 0 saturated carbocycles. The largest absolute Gasteiger partial charge is 0.465 e. The Hall–Kier alpha value is -3.15. The first-order valence-corrected chi connectivity index (χ1v) is 8.86. The van der Waals surface area contributed by atoms with Crippen LogP contribution in [0.3, 0.4) is 0 Å². The molecule has 0 spiro atoms. The molecule has 0 bridgehead atoms. The van der Waals surface area contributed by atoms with Crippen molar-refractivity contribution in [2.45, 2.75) is 19.8 Å². The molecule has 0 aromatic heterocycles. The quantitative estimate of drug-likeness (QED) is 0.781. The lowest BCUT2D eigenvalue weighted by atomic mass is 10.0. The van der Waals surface area contributed by atoms with Crippen molar-refractivity contribution in [1.82, 2.24) is 0 Å². The number of fused-ring (bicyclic) bond motifs is 1. The first-order chi connectivity index (χ1) is 13.0. The Morgan fingerprint density at radius 3 is 2.63 bits per heavy atom. The number of esters is 1. The number of rotatable bonds is 4. The molecule has 0 saturated heterocycles. The molecule has 0 aliphatic carbocycles. The maximum atomic E-state index is 13.0. The molecule has 1 aliphatic rings. The third kappa shape index (κ3) is 4.00. The van der Waals surface area contributed by atoms with Crippen LogP contribution < -0.4 is 9.80 Å². The summed E-state index contributed by atoms with van der Waals surface area (Å²) in [5, 5.41) is 0. The van der Waals surface area contributed by atoms with Crippen LogP contribution in [0.1, 0.15) is 29.3 Å². The van der Waals surface area contributed by atoms with Gasteiger partial charge < -0.3 is 14.5 Å². The van der Waals surface area contributed by atoms with E-state index in [2.05, 4.69) is 0 Å². The molecule has 0 N–H and O–H groups in total. The van der Waals surface area contributed by atoms with Gasteiger partial charge in [0.2, 0.25) is 11.8 Å². The SMILES string of the molecule is COC(=O)c1cccc(N(CC(=O)N2CCCc3ccccc32)C(C)=O)c1. The second-order valence-corrected chi connectivity index (χ2v) is 6.42. The molecule has 1 heterocycles. The topological polar surface area (TPSA) is 66.9 Å². The molecule has 0 unspecified atom stereocenters.